The number of aliphatic hydroxyl groups excluding tert-OH is 1. The van der Waals surface area contributed by atoms with Gasteiger partial charge in [-0.05, 0) is 27.6 Å². The summed E-state index contributed by atoms with van der Waals surface area (Å²) >= 11 is 6.32. The van der Waals surface area contributed by atoms with Gasteiger partial charge in [0.1, 0.15) is 16.6 Å². The van der Waals surface area contributed by atoms with Crippen molar-refractivity contribution >= 4 is 49.3 Å². The molecule has 2 aliphatic rings. The van der Waals surface area contributed by atoms with Crippen molar-refractivity contribution in [3.63, 3.8) is 0 Å². The second kappa shape index (κ2) is 6.78. The maximum absolute atomic E-state index is 12.3. The molecule has 0 bridgehead atoms. The summed E-state index contributed by atoms with van der Waals surface area (Å²) in [6.07, 6.45) is 0.410. The van der Waals surface area contributed by atoms with E-state index in [0.29, 0.717) is 6.54 Å². The number of amides is 1. The van der Waals surface area contributed by atoms with Crippen LogP contribution >= 0.6 is 31.9 Å². The lowest BCUT2D eigenvalue weighted by atomic mass is 9.83. The van der Waals surface area contributed by atoms with Crippen molar-refractivity contribution in [2.75, 3.05) is 0 Å². The lowest BCUT2D eigenvalue weighted by molar-refractivity contribution is -0.124. The molecule has 3 atom stereocenters. The topological polar surface area (TPSA) is 88.0 Å². The molecule has 6 nitrogen and oxygen atoms in total. The van der Waals surface area contributed by atoms with Gasteiger partial charge in [0, 0.05) is 13.0 Å². The van der Waals surface area contributed by atoms with Gasteiger partial charge in [-0.2, -0.15) is 0 Å². The number of aliphatic hydroxyl groups is 1. The third kappa shape index (κ3) is 3.18. The molecular formula is C16H14Br2N2O4. The average molecular weight is 458 g/mol. The molecule has 1 aromatic rings. The average Bonchev–Trinajstić information content (AvgIpc) is 3.02. The first-order valence-corrected chi connectivity index (χ1v) is 8.96. The van der Waals surface area contributed by atoms with Crippen molar-refractivity contribution in [2.24, 2.45) is 5.16 Å². The molecule has 1 aliphatic carbocycles. The summed E-state index contributed by atoms with van der Waals surface area (Å²) in [5, 5.41) is 16.9. The minimum absolute atomic E-state index is 0.0826. The number of carbonyl (C=O) groups is 2. The highest BCUT2D eigenvalue weighted by Gasteiger charge is 2.53. The van der Waals surface area contributed by atoms with E-state index in [-0.39, 0.29) is 28.3 Å². The number of oxime groups is 1. The zero-order chi connectivity index (χ0) is 17.3. The lowest BCUT2D eigenvalue weighted by Gasteiger charge is -2.34. The fraction of sp³-hybridized carbons (Fsp3) is 0.312. The van der Waals surface area contributed by atoms with E-state index in [2.05, 4.69) is 42.3 Å². The van der Waals surface area contributed by atoms with Crippen LogP contribution < -0.4 is 5.32 Å². The van der Waals surface area contributed by atoms with Gasteiger partial charge >= 0.3 is 0 Å². The van der Waals surface area contributed by atoms with Gasteiger partial charge in [-0.1, -0.05) is 51.4 Å². The highest BCUT2D eigenvalue weighted by Crippen LogP contribution is 2.39. The molecule has 1 heterocycles. The van der Waals surface area contributed by atoms with Gasteiger partial charge in [-0.25, -0.2) is 0 Å². The third-order valence-corrected chi connectivity index (χ3v) is 5.50. The fourth-order valence-corrected chi connectivity index (χ4v) is 4.23. The van der Waals surface area contributed by atoms with Gasteiger partial charge in [0.15, 0.2) is 11.4 Å². The number of alkyl halides is 1. The third-order valence-electron chi connectivity index (χ3n) is 3.96. The number of hydrogen-bond acceptors (Lipinski definition) is 5. The molecule has 0 aromatic heterocycles. The number of nitrogens with one attached hydrogen (secondary N) is 1. The lowest BCUT2D eigenvalue weighted by Crippen LogP contribution is -2.52. The number of ketones is 1. The normalized spacial score (nSPS) is 29.0. The van der Waals surface area contributed by atoms with Crippen molar-refractivity contribution in [3.8, 4) is 0 Å². The predicted octanol–water partition coefficient (Wildman–Crippen LogP) is 1.80. The first-order valence-electron chi connectivity index (χ1n) is 7.25. The van der Waals surface area contributed by atoms with Gasteiger partial charge in [0.25, 0.3) is 5.91 Å². The number of Topliss-reactive ketones (excluding diaryl/α,β-unsaturated/α-hetero) is 1. The van der Waals surface area contributed by atoms with Gasteiger partial charge < -0.3 is 15.3 Å². The molecule has 3 rings (SSSR count). The van der Waals surface area contributed by atoms with Crippen molar-refractivity contribution in [3.05, 3.63) is 46.5 Å². The second-order valence-electron chi connectivity index (χ2n) is 5.63. The van der Waals surface area contributed by atoms with Gasteiger partial charge in [-0.15, -0.1) is 0 Å². The van der Waals surface area contributed by atoms with Crippen LogP contribution in [0.1, 0.15) is 12.0 Å². The smallest absolute Gasteiger partial charge is 0.269 e. The van der Waals surface area contributed by atoms with Crippen LogP contribution in [0, 0.1) is 0 Å². The number of hydrogen-bond donors (Lipinski definition) is 2. The predicted molar refractivity (Wildman–Crippen MR) is 94.9 cm³/mol. The Labute approximate surface area is 155 Å². The van der Waals surface area contributed by atoms with Gasteiger partial charge in [0.2, 0.25) is 0 Å². The number of halogens is 2. The largest absolute Gasteiger partial charge is 0.387 e. The molecule has 1 aromatic carbocycles. The summed E-state index contributed by atoms with van der Waals surface area (Å²) in [5.41, 5.74) is -0.0810. The molecule has 2 N–H and O–H groups in total. The highest BCUT2D eigenvalue weighted by atomic mass is 79.9. The molecule has 0 unspecified atom stereocenters. The minimum Gasteiger partial charge on any atom is -0.387 e. The van der Waals surface area contributed by atoms with Crippen LogP contribution in [0.25, 0.3) is 0 Å². The summed E-state index contributed by atoms with van der Waals surface area (Å²) in [4.78, 5) is 28.7. The molecule has 0 fully saturated rings. The molecule has 1 amide bonds. The number of rotatable bonds is 3. The van der Waals surface area contributed by atoms with Crippen LogP contribution in [0.2, 0.25) is 0 Å². The van der Waals surface area contributed by atoms with E-state index in [1.54, 1.807) is 0 Å². The van der Waals surface area contributed by atoms with E-state index < -0.39 is 16.5 Å². The molecule has 126 valence electrons. The molecule has 8 heteroatoms. The highest BCUT2D eigenvalue weighted by molar-refractivity contribution is 9.12. The fourth-order valence-electron chi connectivity index (χ4n) is 2.60. The molecule has 0 saturated carbocycles. The Morgan fingerprint density at radius 2 is 2.12 bits per heavy atom. The maximum Gasteiger partial charge on any atom is 0.269 e. The zero-order valence-electron chi connectivity index (χ0n) is 12.4. The summed E-state index contributed by atoms with van der Waals surface area (Å²) in [6, 6.07) is 9.48. The number of benzene rings is 1. The Hall–Kier alpha value is -1.51. The molecule has 0 saturated heterocycles. The van der Waals surface area contributed by atoms with Gasteiger partial charge in [-0.3, -0.25) is 9.59 Å². The Morgan fingerprint density at radius 3 is 2.83 bits per heavy atom. The van der Waals surface area contributed by atoms with Crippen LogP contribution in [0.3, 0.4) is 0 Å². The van der Waals surface area contributed by atoms with Crippen molar-refractivity contribution in [2.45, 2.75) is 29.5 Å². The Kier molecular flexibility index (Phi) is 4.89. The minimum atomic E-state index is -1.22. The monoisotopic (exact) mass is 456 g/mol. The number of allylic oxidation sites excluding steroid dienone is 1. The SMILES string of the molecule is O=C(NCc1ccccc1)C1=NO[C@]2(C=C(Br)C(=O)[C@@H](Br)[C@@H]2O)C1. The first-order chi connectivity index (χ1) is 11.4. The van der Waals surface area contributed by atoms with Gasteiger partial charge in [0.05, 0.1) is 4.48 Å². The van der Waals surface area contributed by atoms with E-state index in [9.17, 15) is 14.7 Å². The van der Waals surface area contributed by atoms with Crippen LogP contribution in [-0.2, 0) is 21.0 Å². The Morgan fingerprint density at radius 1 is 1.42 bits per heavy atom. The zero-order valence-corrected chi connectivity index (χ0v) is 15.6. The molecule has 24 heavy (non-hydrogen) atoms. The number of carbonyl (C=O) groups excluding carboxylic acids is 2. The Bertz CT molecular complexity index is 735. The van der Waals surface area contributed by atoms with Crippen LogP contribution in [0.4, 0.5) is 0 Å². The molecule has 0 radical (unpaired) electrons. The molecular weight excluding hydrogens is 444 g/mol. The van der Waals surface area contributed by atoms with E-state index in [4.69, 9.17) is 4.84 Å². The van der Waals surface area contributed by atoms with E-state index >= 15 is 0 Å². The number of nitrogens with zero attached hydrogens (tertiary/aromatic N) is 1. The van der Waals surface area contributed by atoms with E-state index in [0.717, 1.165) is 5.56 Å². The maximum atomic E-state index is 12.3. The quantitative estimate of drug-likeness (QED) is 0.677. The summed E-state index contributed by atoms with van der Waals surface area (Å²) in [6.45, 7) is 0.368. The van der Waals surface area contributed by atoms with E-state index in [1.807, 2.05) is 30.3 Å². The standard InChI is InChI=1S/C16H14Br2N2O4/c17-10-6-16(14(22)12(18)13(10)21)7-11(20-24-16)15(23)19-8-9-4-2-1-3-5-9/h1-6,12,14,22H,7-8H2,(H,19,23)/t12-,14+,16-/m1/s1. The van der Waals surface area contributed by atoms with Crippen molar-refractivity contribution in [1.82, 2.24) is 5.32 Å². The molecule has 1 aliphatic heterocycles. The molecule has 1 spiro atoms. The summed E-state index contributed by atoms with van der Waals surface area (Å²) in [5.74, 6) is -0.644. The van der Waals surface area contributed by atoms with Crippen molar-refractivity contribution in [1.29, 1.82) is 0 Å². The van der Waals surface area contributed by atoms with E-state index in [1.165, 1.54) is 6.08 Å². The first kappa shape index (κ1) is 17.3. The Balaban J connectivity index is 1.68. The summed E-state index contributed by atoms with van der Waals surface area (Å²) in [7, 11) is 0. The van der Waals surface area contributed by atoms with Crippen LogP contribution in [0.5, 0.6) is 0 Å². The van der Waals surface area contributed by atoms with Crippen molar-refractivity contribution < 1.29 is 19.5 Å². The summed E-state index contributed by atoms with van der Waals surface area (Å²) < 4.78 is 0.288. The van der Waals surface area contributed by atoms with Crippen LogP contribution in [-0.4, -0.2) is 39.0 Å². The van der Waals surface area contributed by atoms with Crippen LogP contribution in [0.15, 0.2) is 46.0 Å². The second-order valence-corrected chi connectivity index (χ2v) is 7.47.